The molecule has 11 aromatic carbocycles. The number of benzene rings is 11. The minimum absolute atomic E-state index is 1.05. The van der Waals surface area contributed by atoms with Gasteiger partial charge in [-0.15, -0.1) is 11.3 Å². The van der Waals surface area contributed by atoms with E-state index in [0.29, 0.717) is 0 Å². The van der Waals surface area contributed by atoms with E-state index >= 15 is 0 Å². The lowest BCUT2D eigenvalue weighted by atomic mass is 9.97. The van der Waals surface area contributed by atoms with Crippen LogP contribution in [0.1, 0.15) is 0 Å². The lowest BCUT2D eigenvalue weighted by molar-refractivity contribution is 1.19. The van der Waals surface area contributed by atoms with E-state index < -0.39 is 0 Å². The van der Waals surface area contributed by atoms with Gasteiger partial charge in [0.1, 0.15) is 0 Å². The fraction of sp³-hybridized carbons (Fsp3) is 0. The summed E-state index contributed by atoms with van der Waals surface area (Å²) in [4.78, 5) is 4.84. The van der Waals surface area contributed by atoms with Gasteiger partial charge in [0.15, 0.2) is 0 Å². The molecule has 0 aliphatic carbocycles. The van der Waals surface area contributed by atoms with Crippen LogP contribution in [0.4, 0.5) is 34.1 Å². The lowest BCUT2D eigenvalue weighted by Gasteiger charge is -2.34. The van der Waals surface area contributed by atoms with Crippen LogP contribution in [0.15, 0.2) is 273 Å². The van der Waals surface area contributed by atoms with Crippen LogP contribution in [0.5, 0.6) is 0 Å². The number of hydrogen-bond donors (Lipinski definition) is 0. The molecule has 0 atom stereocenters. The van der Waals surface area contributed by atoms with Gasteiger partial charge in [0.2, 0.25) is 0 Å². The highest BCUT2D eigenvalue weighted by molar-refractivity contribution is 7.26. The zero-order valence-corrected chi connectivity index (χ0v) is 39.0. The highest BCUT2D eigenvalue weighted by Crippen LogP contribution is 2.51. The first-order chi connectivity index (χ1) is 34.7. The molecule has 70 heavy (non-hydrogen) atoms. The Morgan fingerprint density at radius 3 is 1.34 bits per heavy atom. The van der Waals surface area contributed by atoms with Gasteiger partial charge >= 0.3 is 0 Å². The number of nitrogens with zero attached hydrogens (tertiary/aromatic N) is 3. The van der Waals surface area contributed by atoms with Gasteiger partial charge in [-0.25, -0.2) is 0 Å². The van der Waals surface area contributed by atoms with Crippen LogP contribution in [-0.4, -0.2) is 4.57 Å². The highest BCUT2D eigenvalue weighted by atomic mass is 32.1. The molecule has 0 spiro atoms. The third kappa shape index (κ3) is 7.21. The van der Waals surface area contributed by atoms with Crippen molar-refractivity contribution in [3.8, 4) is 39.1 Å². The first-order valence-corrected chi connectivity index (χ1v) is 24.7. The van der Waals surface area contributed by atoms with Gasteiger partial charge in [0.25, 0.3) is 0 Å². The van der Waals surface area contributed by atoms with Crippen molar-refractivity contribution in [3.05, 3.63) is 273 Å². The smallest absolute Gasteiger partial charge is 0.0708 e. The maximum Gasteiger partial charge on any atom is 0.0708 e. The molecular formula is C66H45N3S. The first-order valence-electron chi connectivity index (χ1n) is 23.8. The van der Waals surface area contributed by atoms with E-state index in [9.17, 15) is 0 Å². The summed E-state index contributed by atoms with van der Waals surface area (Å²) in [5, 5.41) is 5.01. The van der Waals surface area contributed by atoms with Crippen molar-refractivity contribution < 1.29 is 0 Å². The van der Waals surface area contributed by atoms with Gasteiger partial charge in [-0.3, -0.25) is 0 Å². The Hall–Kier alpha value is -8.96. The van der Waals surface area contributed by atoms with Crippen LogP contribution in [0.3, 0.4) is 0 Å². The highest BCUT2D eigenvalue weighted by Gasteiger charge is 2.26. The topological polar surface area (TPSA) is 11.4 Å². The number of hydrogen-bond acceptors (Lipinski definition) is 3. The molecule has 2 heterocycles. The molecule has 0 aliphatic heterocycles. The van der Waals surface area contributed by atoms with Crippen molar-refractivity contribution in [1.82, 2.24) is 4.57 Å². The summed E-state index contributed by atoms with van der Waals surface area (Å²) in [5.41, 5.74) is 17.0. The summed E-state index contributed by atoms with van der Waals surface area (Å²) < 4.78 is 5.01. The second-order valence-electron chi connectivity index (χ2n) is 17.7. The van der Waals surface area contributed by atoms with Crippen LogP contribution >= 0.6 is 11.3 Å². The molecule has 0 saturated heterocycles. The Bertz CT molecular complexity index is 3960. The number of thiophene rings is 1. The summed E-state index contributed by atoms with van der Waals surface area (Å²) in [6.45, 7) is 0. The third-order valence-electron chi connectivity index (χ3n) is 13.6. The summed E-state index contributed by atoms with van der Waals surface area (Å²) in [5.74, 6) is 0. The van der Waals surface area contributed by atoms with E-state index in [1.165, 1.54) is 69.8 Å². The molecule has 0 fully saturated rings. The van der Waals surface area contributed by atoms with Crippen LogP contribution in [0, 0.1) is 0 Å². The molecule has 0 N–H and O–H groups in total. The third-order valence-corrected chi connectivity index (χ3v) is 14.8. The molecule has 0 bridgehead atoms. The minimum Gasteiger partial charge on any atom is -0.309 e. The van der Waals surface area contributed by atoms with Gasteiger partial charge in [0.05, 0.1) is 22.4 Å². The molecule has 0 aliphatic rings. The Labute approximate surface area is 411 Å². The largest absolute Gasteiger partial charge is 0.309 e. The fourth-order valence-electron chi connectivity index (χ4n) is 10.3. The predicted molar refractivity (Wildman–Crippen MR) is 299 cm³/mol. The molecule has 13 rings (SSSR count). The van der Waals surface area contributed by atoms with Crippen LogP contribution in [0.25, 0.3) is 81.0 Å². The van der Waals surface area contributed by atoms with Gasteiger partial charge in [-0.2, -0.15) is 0 Å². The molecule has 13 aromatic rings. The van der Waals surface area contributed by atoms with Gasteiger partial charge in [-0.1, -0.05) is 182 Å². The predicted octanol–water partition coefficient (Wildman–Crippen LogP) is 19.1. The molecule has 4 heteroatoms. The SMILES string of the molecule is c1ccc(-c2ccc(N(c3ccccc3)c3ccc(-c4cc5c6ccccc6n(-c6ccccc6)c5c5c4sc4ccccc45)cc3N(c3ccccc3)c3ccc(-c4ccccc4)cc3)cc2)cc1. The van der Waals surface area contributed by atoms with Gasteiger partial charge in [-0.05, 0) is 119 Å². The Morgan fingerprint density at radius 1 is 0.314 bits per heavy atom. The van der Waals surface area contributed by atoms with Gasteiger partial charge < -0.3 is 14.4 Å². The molecule has 2 aromatic heterocycles. The number of aromatic nitrogens is 1. The second kappa shape index (κ2) is 17.6. The Balaban J connectivity index is 1.10. The second-order valence-corrected chi connectivity index (χ2v) is 18.7. The molecule has 330 valence electrons. The van der Waals surface area contributed by atoms with E-state index in [1.54, 1.807) is 0 Å². The lowest BCUT2D eigenvalue weighted by Crippen LogP contribution is -2.17. The molecular weight excluding hydrogens is 867 g/mol. The maximum absolute atomic E-state index is 2.47. The average Bonchev–Trinajstić information content (AvgIpc) is 3.99. The zero-order valence-electron chi connectivity index (χ0n) is 38.2. The number of rotatable bonds is 10. The van der Waals surface area contributed by atoms with Crippen molar-refractivity contribution in [1.29, 1.82) is 0 Å². The van der Waals surface area contributed by atoms with E-state index in [0.717, 1.165) is 45.4 Å². The van der Waals surface area contributed by atoms with Crippen molar-refractivity contribution >= 4 is 87.4 Å². The van der Waals surface area contributed by atoms with Gasteiger partial charge in [0, 0.05) is 64.9 Å². The quantitative estimate of drug-likeness (QED) is 0.135. The Kier molecular flexibility index (Phi) is 10.4. The summed E-state index contributed by atoms with van der Waals surface area (Å²) in [6.07, 6.45) is 0. The van der Waals surface area contributed by atoms with E-state index in [1.807, 2.05) is 11.3 Å². The first kappa shape index (κ1) is 41.2. The van der Waals surface area contributed by atoms with Crippen LogP contribution < -0.4 is 9.80 Å². The summed E-state index contributed by atoms with van der Waals surface area (Å²) in [7, 11) is 0. The summed E-state index contributed by atoms with van der Waals surface area (Å²) >= 11 is 1.88. The van der Waals surface area contributed by atoms with E-state index in [-0.39, 0.29) is 0 Å². The van der Waals surface area contributed by atoms with Crippen molar-refractivity contribution in [2.24, 2.45) is 0 Å². The van der Waals surface area contributed by atoms with Crippen LogP contribution in [-0.2, 0) is 0 Å². The normalized spacial score (nSPS) is 11.4. The monoisotopic (exact) mass is 911 g/mol. The Morgan fingerprint density at radius 2 is 0.757 bits per heavy atom. The number of para-hydroxylation sites is 4. The maximum atomic E-state index is 2.47. The van der Waals surface area contributed by atoms with Crippen LogP contribution in [0.2, 0.25) is 0 Å². The van der Waals surface area contributed by atoms with E-state index in [4.69, 9.17) is 0 Å². The molecule has 0 amide bonds. The molecule has 0 radical (unpaired) electrons. The molecule has 0 saturated carbocycles. The molecule has 3 nitrogen and oxygen atoms in total. The summed E-state index contributed by atoms with van der Waals surface area (Å²) in [6, 6.07) is 99.1. The average molecular weight is 912 g/mol. The van der Waals surface area contributed by atoms with Crippen molar-refractivity contribution in [2.75, 3.05) is 9.80 Å². The van der Waals surface area contributed by atoms with Crippen molar-refractivity contribution in [2.45, 2.75) is 0 Å². The molecule has 0 unspecified atom stereocenters. The van der Waals surface area contributed by atoms with Crippen molar-refractivity contribution in [3.63, 3.8) is 0 Å². The standard InChI is InChI=1S/C66H45N3S/c1-6-20-46(21-7-1)48-34-39-54(40-35-48)67(51-24-10-3-11-25-51)61-43-38-50(44-62(61)68(52-26-12-4-13-27-52)55-41-36-49(37-42-55)47-22-8-2-9-23-47)58-45-59-56-30-16-18-32-60(56)69(53-28-14-5-15-29-53)65(59)64-57-31-17-19-33-63(57)70-66(58)64/h1-45H. The number of fused-ring (bicyclic) bond motifs is 7. The van der Waals surface area contributed by atoms with E-state index in [2.05, 4.69) is 287 Å². The fourth-order valence-corrected chi connectivity index (χ4v) is 11.6. The zero-order chi connectivity index (χ0) is 46.4. The minimum atomic E-state index is 1.05. The number of anilines is 6.